The van der Waals surface area contributed by atoms with E-state index in [1.165, 1.54) is 0 Å². The van der Waals surface area contributed by atoms with E-state index in [4.69, 9.17) is 0 Å². The second-order valence-corrected chi connectivity index (χ2v) is 10.1. The molecule has 0 aliphatic carbocycles. The van der Waals surface area contributed by atoms with E-state index in [1.807, 2.05) is 36.1 Å². The van der Waals surface area contributed by atoms with Crippen LogP contribution >= 0.6 is 0 Å². The predicted octanol–water partition coefficient (Wildman–Crippen LogP) is 0.936. The Morgan fingerprint density at radius 1 is 1.21 bits per heavy atom. The van der Waals surface area contributed by atoms with Crippen molar-refractivity contribution in [2.75, 3.05) is 29.5 Å². The molecule has 2 aromatic rings. The molecule has 156 valence electrons. The first kappa shape index (κ1) is 19.9. The molecule has 2 fully saturated rings. The summed E-state index contributed by atoms with van der Waals surface area (Å²) in [6.45, 7) is 3.66. The fourth-order valence-corrected chi connectivity index (χ4v) is 5.95. The lowest BCUT2D eigenvalue weighted by molar-refractivity contribution is -0.126. The van der Waals surface area contributed by atoms with Gasteiger partial charge in [0, 0.05) is 31.6 Å². The summed E-state index contributed by atoms with van der Waals surface area (Å²) in [7, 11) is -3.01. The first-order valence-corrected chi connectivity index (χ1v) is 12.0. The molecule has 9 heteroatoms. The molecule has 2 saturated heterocycles. The summed E-state index contributed by atoms with van der Waals surface area (Å²) in [5, 5.41) is 2.89. The number of nitrogens with one attached hydrogen (secondary N) is 1. The normalized spacial score (nSPS) is 22.1. The van der Waals surface area contributed by atoms with Crippen LogP contribution in [0.15, 0.2) is 29.1 Å². The van der Waals surface area contributed by atoms with E-state index in [2.05, 4.69) is 10.3 Å². The number of rotatable bonds is 4. The number of carbonyl (C=O) groups excluding carboxylic acids is 1. The number of sulfone groups is 1. The number of anilines is 1. The Balaban J connectivity index is 1.45. The second kappa shape index (κ2) is 7.78. The van der Waals surface area contributed by atoms with E-state index in [0.29, 0.717) is 44.7 Å². The van der Waals surface area contributed by atoms with Gasteiger partial charge in [-0.2, -0.15) is 0 Å². The summed E-state index contributed by atoms with van der Waals surface area (Å²) in [6, 6.07) is 7.33. The summed E-state index contributed by atoms with van der Waals surface area (Å²) in [5.41, 5.74) is 1.50. The molecule has 0 unspecified atom stereocenters. The number of hydrogen-bond acceptors (Lipinski definition) is 6. The van der Waals surface area contributed by atoms with Gasteiger partial charge in [0.1, 0.15) is 0 Å². The van der Waals surface area contributed by atoms with E-state index in [1.54, 1.807) is 4.57 Å². The van der Waals surface area contributed by atoms with Crippen molar-refractivity contribution in [2.24, 2.45) is 5.92 Å². The van der Waals surface area contributed by atoms with Gasteiger partial charge < -0.3 is 14.8 Å². The molecule has 29 heavy (non-hydrogen) atoms. The van der Waals surface area contributed by atoms with Crippen molar-refractivity contribution in [3.63, 3.8) is 0 Å². The number of fused-ring (bicyclic) bond motifs is 1. The van der Waals surface area contributed by atoms with Gasteiger partial charge in [-0.15, -0.1) is 0 Å². The van der Waals surface area contributed by atoms with Gasteiger partial charge in [0.25, 0.3) is 5.56 Å². The molecule has 1 amide bonds. The highest BCUT2D eigenvalue weighted by Gasteiger charge is 2.32. The van der Waals surface area contributed by atoms with E-state index in [9.17, 15) is 18.0 Å². The minimum Gasteiger partial charge on any atom is -0.352 e. The van der Waals surface area contributed by atoms with Crippen LogP contribution < -0.4 is 15.8 Å². The van der Waals surface area contributed by atoms with Crippen molar-refractivity contribution >= 4 is 32.6 Å². The third-order valence-electron chi connectivity index (χ3n) is 5.90. The fourth-order valence-electron chi connectivity index (χ4n) is 4.28. The van der Waals surface area contributed by atoms with Crippen LogP contribution in [0.2, 0.25) is 0 Å². The molecule has 3 heterocycles. The number of aryl methyl sites for hydroxylation is 1. The van der Waals surface area contributed by atoms with Crippen LogP contribution in [-0.4, -0.2) is 54.5 Å². The van der Waals surface area contributed by atoms with E-state index < -0.39 is 9.84 Å². The molecule has 0 bridgehead atoms. The second-order valence-electron chi connectivity index (χ2n) is 7.84. The topological polar surface area (TPSA) is 101 Å². The standard InChI is InChI=1S/C20H26N4O4S/c1-2-24-17-6-4-3-5-16(17)22-18(20(24)26)23-10-7-14(8-11-23)19(25)21-15-9-12-29(27,28)13-15/h3-6,14-15H,2,7-13H2,1H3,(H,21,25)/t15-/m1/s1. The van der Waals surface area contributed by atoms with Crippen LogP contribution in [0.3, 0.4) is 0 Å². The highest BCUT2D eigenvalue weighted by atomic mass is 32.2. The molecular weight excluding hydrogens is 392 g/mol. The maximum absolute atomic E-state index is 12.9. The molecule has 1 N–H and O–H groups in total. The van der Waals surface area contributed by atoms with Crippen LogP contribution in [0, 0.1) is 5.92 Å². The van der Waals surface area contributed by atoms with Crippen molar-refractivity contribution in [1.82, 2.24) is 14.9 Å². The van der Waals surface area contributed by atoms with Crippen molar-refractivity contribution < 1.29 is 13.2 Å². The van der Waals surface area contributed by atoms with E-state index in [0.717, 1.165) is 11.0 Å². The molecule has 0 saturated carbocycles. The minimum absolute atomic E-state index is 0.0369. The number of para-hydroxylation sites is 2. The highest BCUT2D eigenvalue weighted by Crippen LogP contribution is 2.23. The number of hydrogen-bond donors (Lipinski definition) is 1. The summed E-state index contributed by atoms with van der Waals surface area (Å²) >= 11 is 0. The number of nitrogens with zero attached hydrogens (tertiary/aromatic N) is 3. The van der Waals surface area contributed by atoms with Gasteiger partial charge in [0.2, 0.25) is 5.91 Å². The Bertz CT molecular complexity index is 1090. The van der Waals surface area contributed by atoms with Gasteiger partial charge in [-0.3, -0.25) is 9.59 Å². The maximum Gasteiger partial charge on any atom is 0.293 e. The fraction of sp³-hybridized carbons (Fsp3) is 0.550. The number of carbonyl (C=O) groups is 1. The Morgan fingerprint density at radius 2 is 1.93 bits per heavy atom. The molecule has 1 aromatic heterocycles. The molecule has 0 radical (unpaired) electrons. The third-order valence-corrected chi connectivity index (χ3v) is 7.66. The summed E-state index contributed by atoms with van der Waals surface area (Å²) < 4.78 is 24.9. The average Bonchev–Trinajstić information content (AvgIpc) is 3.06. The van der Waals surface area contributed by atoms with E-state index >= 15 is 0 Å². The zero-order valence-electron chi connectivity index (χ0n) is 16.5. The molecule has 4 rings (SSSR count). The molecule has 1 aromatic carbocycles. The zero-order valence-corrected chi connectivity index (χ0v) is 17.3. The molecule has 0 spiro atoms. The van der Waals surface area contributed by atoms with Crippen LogP contribution in [0.25, 0.3) is 11.0 Å². The van der Waals surface area contributed by atoms with Crippen molar-refractivity contribution in [3.8, 4) is 0 Å². The summed E-state index contributed by atoms with van der Waals surface area (Å²) in [4.78, 5) is 32.1. The van der Waals surface area contributed by atoms with Gasteiger partial charge in [-0.25, -0.2) is 13.4 Å². The molecule has 2 aliphatic rings. The molecular formula is C20H26N4O4S. The average molecular weight is 419 g/mol. The summed E-state index contributed by atoms with van der Waals surface area (Å²) in [5.74, 6) is 0.377. The minimum atomic E-state index is -3.01. The first-order chi connectivity index (χ1) is 13.9. The maximum atomic E-state index is 12.9. The van der Waals surface area contributed by atoms with Gasteiger partial charge in [-0.05, 0) is 38.3 Å². The molecule has 2 aliphatic heterocycles. The smallest absolute Gasteiger partial charge is 0.293 e. The zero-order chi connectivity index (χ0) is 20.6. The van der Waals surface area contributed by atoms with Crippen LogP contribution in [0.5, 0.6) is 0 Å². The van der Waals surface area contributed by atoms with Gasteiger partial charge >= 0.3 is 0 Å². The summed E-state index contributed by atoms with van der Waals surface area (Å²) in [6.07, 6.45) is 1.72. The van der Waals surface area contributed by atoms with Crippen LogP contribution in [0.4, 0.5) is 5.82 Å². The highest BCUT2D eigenvalue weighted by molar-refractivity contribution is 7.91. The quantitative estimate of drug-likeness (QED) is 0.793. The lowest BCUT2D eigenvalue weighted by Gasteiger charge is -2.32. The van der Waals surface area contributed by atoms with Crippen molar-refractivity contribution in [2.45, 2.75) is 38.8 Å². The first-order valence-electron chi connectivity index (χ1n) is 10.1. The van der Waals surface area contributed by atoms with Crippen molar-refractivity contribution in [1.29, 1.82) is 0 Å². The number of amides is 1. The SMILES string of the molecule is CCn1c(=O)c(N2CCC(C(=O)N[C@@H]3CCS(=O)(=O)C3)CC2)nc2ccccc21. The predicted molar refractivity (Wildman–Crippen MR) is 112 cm³/mol. The van der Waals surface area contributed by atoms with Gasteiger partial charge in [0.15, 0.2) is 15.7 Å². The Hall–Kier alpha value is -2.42. The Labute approximate surface area is 169 Å². The number of aromatic nitrogens is 2. The van der Waals surface area contributed by atoms with E-state index in [-0.39, 0.29) is 34.9 Å². The van der Waals surface area contributed by atoms with Crippen LogP contribution in [0.1, 0.15) is 26.2 Å². The lowest BCUT2D eigenvalue weighted by atomic mass is 9.95. The lowest BCUT2D eigenvalue weighted by Crippen LogP contribution is -2.45. The molecule has 1 atom stereocenters. The Kier molecular flexibility index (Phi) is 5.33. The monoisotopic (exact) mass is 418 g/mol. The van der Waals surface area contributed by atoms with Gasteiger partial charge in [0.05, 0.1) is 22.5 Å². The largest absolute Gasteiger partial charge is 0.352 e. The Morgan fingerprint density at radius 3 is 2.59 bits per heavy atom. The van der Waals surface area contributed by atoms with Gasteiger partial charge in [-0.1, -0.05) is 12.1 Å². The van der Waals surface area contributed by atoms with Crippen molar-refractivity contribution in [3.05, 3.63) is 34.6 Å². The number of piperidine rings is 1. The molecule has 8 nitrogen and oxygen atoms in total. The third kappa shape index (κ3) is 4.01. The number of benzene rings is 1. The van der Waals surface area contributed by atoms with Crippen LogP contribution in [-0.2, 0) is 21.2 Å².